The average molecular weight is 410 g/mol. The molecule has 1 aromatic heterocycles. The van der Waals surface area contributed by atoms with Gasteiger partial charge >= 0.3 is 6.09 Å². The Bertz CT molecular complexity index is 1100. The molecule has 3 aromatic rings. The lowest BCUT2D eigenvalue weighted by Crippen LogP contribution is -2.27. The van der Waals surface area contributed by atoms with Crippen LogP contribution in [0.3, 0.4) is 0 Å². The van der Waals surface area contributed by atoms with Crippen LogP contribution in [0, 0.1) is 0 Å². The monoisotopic (exact) mass is 409 g/mol. The molecule has 0 atom stereocenters. The van der Waals surface area contributed by atoms with Crippen molar-refractivity contribution in [3.05, 3.63) is 53.1 Å². The number of thiazole rings is 1. The minimum atomic E-state index is -0.580. The van der Waals surface area contributed by atoms with Crippen LogP contribution >= 0.6 is 11.3 Å². The molecule has 0 saturated heterocycles. The number of aromatic nitrogens is 1. The molecule has 0 bridgehead atoms. The summed E-state index contributed by atoms with van der Waals surface area (Å²) < 4.78 is 6.07. The van der Waals surface area contributed by atoms with E-state index in [4.69, 9.17) is 4.74 Å². The second-order valence-electron chi connectivity index (χ2n) is 8.12. The summed E-state index contributed by atoms with van der Waals surface area (Å²) in [6, 6.07) is 11.4. The van der Waals surface area contributed by atoms with E-state index in [0.29, 0.717) is 10.7 Å². The van der Waals surface area contributed by atoms with E-state index in [-0.39, 0.29) is 5.91 Å². The van der Waals surface area contributed by atoms with E-state index in [1.807, 2.05) is 6.07 Å². The second-order valence-corrected chi connectivity index (χ2v) is 9.15. The largest absolute Gasteiger partial charge is 0.444 e. The molecule has 4 rings (SSSR count). The fraction of sp³-hybridized carbons (Fsp3) is 0.318. The van der Waals surface area contributed by atoms with Crippen molar-refractivity contribution in [1.82, 2.24) is 4.98 Å². The maximum absolute atomic E-state index is 12.7. The lowest BCUT2D eigenvalue weighted by molar-refractivity contribution is 0.0635. The molecule has 2 aromatic carbocycles. The Hall–Kier alpha value is -2.93. The predicted molar refractivity (Wildman–Crippen MR) is 116 cm³/mol. The van der Waals surface area contributed by atoms with Crippen molar-refractivity contribution in [3.8, 4) is 0 Å². The van der Waals surface area contributed by atoms with Gasteiger partial charge in [0.1, 0.15) is 5.60 Å². The minimum absolute atomic E-state index is 0.167. The Morgan fingerprint density at radius 3 is 2.62 bits per heavy atom. The molecule has 0 spiro atoms. The number of ether oxygens (including phenoxy) is 1. The van der Waals surface area contributed by atoms with Crippen molar-refractivity contribution in [2.75, 3.05) is 10.6 Å². The Morgan fingerprint density at radius 2 is 1.83 bits per heavy atom. The highest BCUT2D eigenvalue weighted by Crippen LogP contribution is 2.28. The second kappa shape index (κ2) is 7.48. The molecule has 6 nitrogen and oxygen atoms in total. The number of amides is 2. The van der Waals surface area contributed by atoms with Crippen LogP contribution in [-0.4, -0.2) is 22.6 Å². The lowest BCUT2D eigenvalue weighted by Gasteiger charge is -2.18. The van der Waals surface area contributed by atoms with E-state index in [9.17, 15) is 9.59 Å². The van der Waals surface area contributed by atoms with Gasteiger partial charge < -0.3 is 10.1 Å². The molecule has 0 unspecified atom stereocenters. The Balaban J connectivity index is 1.48. The molecule has 29 heavy (non-hydrogen) atoms. The van der Waals surface area contributed by atoms with Gasteiger partial charge in [0, 0.05) is 11.3 Å². The molecular weight excluding hydrogens is 386 g/mol. The van der Waals surface area contributed by atoms with Gasteiger partial charge in [-0.1, -0.05) is 17.4 Å². The van der Waals surface area contributed by atoms with E-state index in [1.54, 1.807) is 39.0 Å². The fourth-order valence-electron chi connectivity index (χ4n) is 3.36. The van der Waals surface area contributed by atoms with Crippen molar-refractivity contribution in [1.29, 1.82) is 0 Å². The molecule has 1 heterocycles. The maximum atomic E-state index is 12.7. The van der Waals surface area contributed by atoms with Gasteiger partial charge in [-0.2, -0.15) is 0 Å². The van der Waals surface area contributed by atoms with Crippen molar-refractivity contribution in [2.45, 2.75) is 45.6 Å². The van der Waals surface area contributed by atoms with Gasteiger partial charge in [-0.15, -0.1) is 0 Å². The van der Waals surface area contributed by atoms with E-state index in [1.165, 1.54) is 28.9 Å². The molecule has 150 valence electrons. The molecular formula is C22H23N3O3S. The number of anilines is 2. The summed E-state index contributed by atoms with van der Waals surface area (Å²) >= 11 is 1.30. The predicted octanol–water partition coefficient (Wildman–Crippen LogP) is 5.38. The van der Waals surface area contributed by atoms with E-state index in [2.05, 4.69) is 27.8 Å². The number of carbonyl (C=O) groups is 2. The van der Waals surface area contributed by atoms with Gasteiger partial charge in [-0.3, -0.25) is 10.1 Å². The highest BCUT2D eigenvalue weighted by atomic mass is 32.1. The molecule has 0 fully saturated rings. The van der Waals surface area contributed by atoms with Crippen LogP contribution in [0.25, 0.3) is 10.2 Å². The molecule has 7 heteroatoms. The third kappa shape index (κ3) is 4.56. The number of fused-ring (bicyclic) bond motifs is 2. The number of nitrogens with one attached hydrogen (secondary N) is 2. The smallest absolute Gasteiger partial charge is 0.413 e. The number of benzene rings is 2. The first-order valence-corrected chi connectivity index (χ1v) is 10.4. The summed E-state index contributed by atoms with van der Waals surface area (Å²) in [6.07, 6.45) is 2.81. The molecule has 0 saturated carbocycles. The lowest BCUT2D eigenvalue weighted by atomic mass is 10.1. The Morgan fingerprint density at radius 1 is 1.03 bits per heavy atom. The van der Waals surface area contributed by atoms with Gasteiger partial charge in [-0.05, 0) is 81.5 Å². The minimum Gasteiger partial charge on any atom is -0.444 e. The number of hydrogen-bond acceptors (Lipinski definition) is 5. The number of carbonyl (C=O) groups excluding carboxylic acids is 2. The molecule has 2 N–H and O–H groups in total. The SMILES string of the molecule is CC(C)(C)OC(=O)Nc1nc2ccc(C(=O)Nc3ccc4c(c3)CCC4)cc2s1. The molecule has 0 radical (unpaired) electrons. The van der Waals surface area contributed by atoms with E-state index < -0.39 is 11.7 Å². The molecule has 1 aliphatic rings. The van der Waals surface area contributed by atoms with Crippen molar-refractivity contribution < 1.29 is 14.3 Å². The summed E-state index contributed by atoms with van der Waals surface area (Å²) in [6.45, 7) is 5.41. The summed E-state index contributed by atoms with van der Waals surface area (Å²) in [4.78, 5) is 29.0. The van der Waals surface area contributed by atoms with Crippen molar-refractivity contribution in [2.24, 2.45) is 0 Å². The standard InChI is InChI=1S/C22H23N3O3S/c1-22(2,3)28-21(27)25-20-24-17-10-8-15(12-18(17)29-20)19(26)23-16-9-7-13-5-4-6-14(13)11-16/h7-12H,4-6H2,1-3H3,(H,23,26)(H,24,25,27). The maximum Gasteiger partial charge on any atom is 0.413 e. The van der Waals surface area contributed by atoms with Crippen LogP contribution in [0.2, 0.25) is 0 Å². The van der Waals surface area contributed by atoms with Gasteiger partial charge in [0.15, 0.2) is 5.13 Å². The van der Waals surface area contributed by atoms with Gasteiger partial charge in [0.2, 0.25) is 0 Å². The zero-order valence-corrected chi connectivity index (χ0v) is 17.5. The zero-order chi connectivity index (χ0) is 20.6. The first kappa shape index (κ1) is 19.4. The van der Waals surface area contributed by atoms with Crippen molar-refractivity contribution >= 4 is 44.4 Å². The van der Waals surface area contributed by atoms with Crippen LogP contribution in [0.5, 0.6) is 0 Å². The van der Waals surface area contributed by atoms with E-state index in [0.717, 1.165) is 28.7 Å². The number of nitrogens with zero attached hydrogens (tertiary/aromatic N) is 1. The number of aryl methyl sites for hydroxylation is 2. The quantitative estimate of drug-likeness (QED) is 0.608. The van der Waals surface area contributed by atoms with Gasteiger partial charge in [0.25, 0.3) is 5.91 Å². The summed E-state index contributed by atoms with van der Waals surface area (Å²) in [5, 5.41) is 6.05. The molecule has 1 aliphatic carbocycles. The summed E-state index contributed by atoms with van der Waals surface area (Å²) in [5.41, 5.74) is 4.19. The number of rotatable bonds is 3. The molecule has 0 aliphatic heterocycles. The third-order valence-electron chi connectivity index (χ3n) is 4.61. The van der Waals surface area contributed by atoms with Crippen LogP contribution in [0.15, 0.2) is 36.4 Å². The van der Waals surface area contributed by atoms with Crippen LogP contribution in [0.4, 0.5) is 15.6 Å². The van der Waals surface area contributed by atoms with Crippen LogP contribution in [-0.2, 0) is 17.6 Å². The normalized spacial score (nSPS) is 13.2. The average Bonchev–Trinajstić information content (AvgIpc) is 3.24. The van der Waals surface area contributed by atoms with E-state index >= 15 is 0 Å². The number of hydrogen-bond donors (Lipinski definition) is 2. The zero-order valence-electron chi connectivity index (χ0n) is 16.7. The highest BCUT2D eigenvalue weighted by Gasteiger charge is 2.18. The molecule has 2 amide bonds. The Kier molecular flexibility index (Phi) is 5.00. The van der Waals surface area contributed by atoms with Gasteiger partial charge in [-0.25, -0.2) is 9.78 Å². The third-order valence-corrected chi connectivity index (χ3v) is 5.55. The van der Waals surface area contributed by atoms with Crippen LogP contribution in [0.1, 0.15) is 48.7 Å². The fourth-order valence-corrected chi connectivity index (χ4v) is 4.25. The topological polar surface area (TPSA) is 80.3 Å². The Labute approximate surface area is 173 Å². The summed E-state index contributed by atoms with van der Waals surface area (Å²) in [7, 11) is 0. The first-order chi connectivity index (χ1) is 13.8. The van der Waals surface area contributed by atoms with Gasteiger partial charge in [0.05, 0.1) is 10.2 Å². The summed E-state index contributed by atoms with van der Waals surface area (Å²) in [5.74, 6) is -0.167. The first-order valence-electron chi connectivity index (χ1n) is 9.61. The highest BCUT2D eigenvalue weighted by molar-refractivity contribution is 7.22. The van der Waals surface area contributed by atoms with Crippen molar-refractivity contribution in [3.63, 3.8) is 0 Å². The van der Waals surface area contributed by atoms with Crippen LogP contribution < -0.4 is 10.6 Å².